The molecule has 0 nitrogen and oxygen atoms in total. The maximum Gasteiger partial charge on any atom is -0.0169 e. The van der Waals surface area contributed by atoms with Gasteiger partial charge in [-0.1, -0.05) is 31.9 Å². The molecule has 0 amide bonds. The highest BCUT2D eigenvalue weighted by Gasteiger charge is 2.42. The lowest BCUT2D eigenvalue weighted by Gasteiger charge is -2.33. The van der Waals surface area contributed by atoms with Crippen LogP contribution in [0.4, 0.5) is 0 Å². The zero-order chi connectivity index (χ0) is 10.4. The molecule has 0 aromatic heterocycles. The molecule has 0 spiro atoms. The summed E-state index contributed by atoms with van der Waals surface area (Å²) < 4.78 is 0. The zero-order valence-electron chi connectivity index (χ0n) is 10.2. The van der Waals surface area contributed by atoms with Gasteiger partial charge in [-0.2, -0.15) is 0 Å². The first-order chi connectivity index (χ1) is 7.24. The fourth-order valence-corrected chi connectivity index (χ4v) is 4.40. The molecule has 2 saturated carbocycles. The van der Waals surface area contributed by atoms with Crippen LogP contribution in [0, 0.1) is 29.6 Å². The van der Waals surface area contributed by atoms with Gasteiger partial charge in [-0.25, -0.2) is 0 Å². The molecule has 15 heavy (non-hydrogen) atoms. The monoisotopic (exact) mass is 204 g/mol. The third kappa shape index (κ3) is 1.66. The van der Waals surface area contributed by atoms with Crippen molar-refractivity contribution in [3.8, 4) is 0 Å². The van der Waals surface area contributed by atoms with Crippen LogP contribution in [0.5, 0.6) is 0 Å². The summed E-state index contributed by atoms with van der Waals surface area (Å²) >= 11 is 0. The second-order valence-corrected chi connectivity index (χ2v) is 6.40. The molecule has 84 valence electrons. The SMILES string of the molecule is CC1C=C(C2CC3CCC2C3)C(C)CC1. The fraction of sp³-hybridized carbons (Fsp3) is 0.867. The van der Waals surface area contributed by atoms with Gasteiger partial charge in [-0.3, -0.25) is 0 Å². The van der Waals surface area contributed by atoms with Gasteiger partial charge in [-0.15, -0.1) is 0 Å². The number of allylic oxidation sites excluding steroid dienone is 2. The number of hydrogen-bond acceptors (Lipinski definition) is 0. The first-order valence-electron chi connectivity index (χ1n) is 6.95. The van der Waals surface area contributed by atoms with E-state index < -0.39 is 0 Å². The molecule has 0 aliphatic heterocycles. The third-order valence-electron chi connectivity index (χ3n) is 5.27. The Morgan fingerprint density at radius 3 is 2.53 bits per heavy atom. The lowest BCUT2D eigenvalue weighted by Crippen LogP contribution is -2.21. The molecule has 3 aliphatic carbocycles. The summed E-state index contributed by atoms with van der Waals surface area (Å²) in [6.45, 7) is 4.86. The molecule has 0 aromatic rings. The lowest BCUT2D eigenvalue weighted by atomic mass is 9.73. The summed E-state index contributed by atoms with van der Waals surface area (Å²) in [5.74, 6) is 4.93. The molecule has 5 atom stereocenters. The van der Waals surface area contributed by atoms with Gasteiger partial charge in [0.1, 0.15) is 0 Å². The van der Waals surface area contributed by atoms with Crippen molar-refractivity contribution in [2.24, 2.45) is 29.6 Å². The average molecular weight is 204 g/mol. The van der Waals surface area contributed by atoms with Crippen LogP contribution >= 0.6 is 0 Å². The predicted molar refractivity (Wildman–Crippen MR) is 64.6 cm³/mol. The van der Waals surface area contributed by atoms with Crippen LogP contribution in [0.3, 0.4) is 0 Å². The molecular weight excluding hydrogens is 180 g/mol. The molecule has 0 heterocycles. The van der Waals surface area contributed by atoms with Gasteiger partial charge in [0.25, 0.3) is 0 Å². The van der Waals surface area contributed by atoms with Gasteiger partial charge < -0.3 is 0 Å². The second-order valence-electron chi connectivity index (χ2n) is 6.40. The Labute approximate surface area is 94.1 Å². The largest absolute Gasteiger partial charge is 0.0819 e. The van der Waals surface area contributed by atoms with E-state index in [4.69, 9.17) is 0 Å². The summed E-state index contributed by atoms with van der Waals surface area (Å²) in [6, 6.07) is 0. The van der Waals surface area contributed by atoms with E-state index in [0.717, 1.165) is 29.6 Å². The van der Waals surface area contributed by atoms with Crippen LogP contribution in [-0.2, 0) is 0 Å². The standard InChI is InChI=1S/C15H24/c1-10-3-4-11(2)14(7-10)15-9-12-5-6-13(15)8-12/h7,10-13,15H,3-6,8-9H2,1-2H3. The van der Waals surface area contributed by atoms with Gasteiger partial charge in [0, 0.05) is 0 Å². The number of hydrogen-bond donors (Lipinski definition) is 0. The number of rotatable bonds is 1. The van der Waals surface area contributed by atoms with Crippen LogP contribution < -0.4 is 0 Å². The van der Waals surface area contributed by atoms with Crippen molar-refractivity contribution in [1.29, 1.82) is 0 Å². The van der Waals surface area contributed by atoms with Crippen molar-refractivity contribution in [2.75, 3.05) is 0 Å². The molecular formula is C15H24. The average Bonchev–Trinajstić information content (AvgIpc) is 2.83. The Morgan fingerprint density at radius 2 is 1.87 bits per heavy atom. The summed E-state index contributed by atoms with van der Waals surface area (Å²) in [4.78, 5) is 0. The lowest BCUT2D eigenvalue weighted by molar-refractivity contribution is 0.329. The van der Waals surface area contributed by atoms with Crippen LogP contribution in [-0.4, -0.2) is 0 Å². The molecule has 3 aliphatic rings. The van der Waals surface area contributed by atoms with Crippen LogP contribution in [0.1, 0.15) is 52.4 Å². The van der Waals surface area contributed by atoms with Crippen LogP contribution in [0.2, 0.25) is 0 Å². The molecule has 0 aromatic carbocycles. The minimum absolute atomic E-state index is 0.857. The molecule has 3 rings (SSSR count). The highest BCUT2D eigenvalue weighted by atomic mass is 14.5. The Bertz CT molecular complexity index is 276. The van der Waals surface area contributed by atoms with E-state index in [9.17, 15) is 0 Å². The molecule has 0 heteroatoms. The molecule has 0 saturated heterocycles. The first kappa shape index (κ1) is 9.93. The van der Waals surface area contributed by atoms with Crippen molar-refractivity contribution in [2.45, 2.75) is 52.4 Å². The minimum Gasteiger partial charge on any atom is -0.0819 e. The summed E-state index contributed by atoms with van der Waals surface area (Å²) in [6.07, 6.45) is 11.7. The molecule has 5 unspecified atom stereocenters. The van der Waals surface area contributed by atoms with Crippen molar-refractivity contribution in [3.05, 3.63) is 11.6 Å². The van der Waals surface area contributed by atoms with Crippen LogP contribution in [0.25, 0.3) is 0 Å². The van der Waals surface area contributed by atoms with Crippen LogP contribution in [0.15, 0.2) is 11.6 Å². The predicted octanol–water partition coefficient (Wildman–Crippen LogP) is 4.42. The van der Waals surface area contributed by atoms with E-state index in [1.165, 1.54) is 25.7 Å². The minimum atomic E-state index is 0.857. The Balaban J connectivity index is 1.81. The fourth-order valence-electron chi connectivity index (χ4n) is 4.40. The smallest absolute Gasteiger partial charge is 0.0169 e. The van der Waals surface area contributed by atoms with Gasteiger partial charge in [0.2, 0.25) is 0 Å². The van der Waals surface area contributed by atoms with Gasteiger partial charge in [0.05, 0.1) is 0 Å². The third-order valence-corrected chi connectivity index (χ3v) is 5.27. The number of fused-ring (bicyclic) bond motifs is 2. The molecule has 2 bridgehead atoms. The molecule has 0 radical (unpaired) electrons. The van der Waals surface area contributed by atoms with E-state index in [1.54, 1.807) is 12.8 Å². The zero-order valence-corrected chi connectivity index (χ0v) is 10.2. The molecule has 0 N–H and O–H groups in total. The highest BCUT2D eigenvalue weighted by molar-refractivity contribution is 5.18. The first-order valence-corrected chi connectivity index (χ1v) is 6.95. The Hall–Kier alpha value is -0.260. The summed E-state index contributed by atoms with van der Waals surface area (Å²) in [7, 11) is 0. The van der Waals surface area contributed by atoms with Crippen molar-refractivity contribution in [3.63, 3.8) is 0 Å². The van der Waals surface area contributed by atoms with E-state index >= 15 is 0 Å². The second kappa shape index (κ2) is 3.64. The van der Waals surface area contributed by atoms with E-state index in [2.05, 4.69) is 19.9 Å². The van der Waals surface area contributed by atoms with Crippen molar-refractivity contribution in [1.82, 2.24) is 0 Å². The highest BCUT2D eigenvalue weighted by Crippen LogP contribution is 2.53. The van der Waals surface area contributed by atoms with E-state index in [0.29, 0.717) is 0 Å². The maximum absolute atomic E-state index is 2.64. The van der Waals surface area contributed by atoms with Gasteiger partial charge >= 0.3 is 0 Å². The van der Waals surface area contributed by atoms with Gasteiger partial charge in [0.15, 0.2) is 0 Å². The molecule has 2 fully saturated rings. The van der Waals surface area contributed by atoms with Crippen molar-refractivity contribution >= 4 is 0 Å². The van der Waals surface area contributed by atoms with E-state index in [1.807, 2.05) is 5.57 Å². The van der Waals surface area contributed by atoms with Crippen molar-refractivity contribution < 1.29 is 0 Å². The Kier molecular flexibility index (Phi) is 2.41. The Morgan fingerprint density at radius 1 is 1.00 bits per heavy atom. The normalized spacial score (nSPS) is 49.5. The topological polar surface area (TPSA) is 0 Å². The van der Waals surface area contributed by atoms with Gasteiger partial charge in [-0.05, 0) is 61.7 Å². The quantitative estimate of drug-likeness (QED) is 0.555. The summed E-state index contributed by atoms with van der Waals surface area (Å²) in [5.41, 5.74) is 1.86. The van der Waals surface area contributed by atoms with E-state index in [-0.39, 0.29) is 0 Å². The maximum atomic E-state index is 2.64. The summed E-state index contributed by atoms with van der Waals surface area (Å²) in [5, 5.41) is 0.